The van der Waals surface area contributed by atoms with Crippen molar-refractivity contribution in [2.75, 3.05) is 0 Å². The van der Waals surface area contributed by atoms with Gasteiger partial charge in [0, 0.05) is 36.6 Å². The van der Waals surface area contributed by atoms with Crippen LogP contribution < -0.4 is 10.9 Å². The van der Waals surface area contributed by atoms with Crippen LogP contribution in [0.1, 0.15) is 16.1 Å². The average Bonchev–Trinajstić information content (AvgIpc) is 3.23. The molecule has 0 unspecified atom stereocenters. The minimum absolute atomic E-state index is 0.128. The van der Waals surface area contributed by atoms with Crippen molar-refractivity contribution in [2.45, 2.75) is 6.54 Å². The predicted octanol–water partition coefficient (Wildman–Crippen LogP) is 2.55. The molecule has 0 atom stereocenters. The second-order valence-electron chi connectivity index (χ2n) is 6.02. The van der Waals surface area contributed by atoms with Crippen LogP contribution in [0.25, 0.3) is 21.8 Å². The number of nitrogens with one attached hydrogen (secondary N) is 1. The molecule has 3 heterocycles. The van der Waals surface area contributed by atoms with Crippen LogP contribution in [-0.4, -0.2) is 15.0 Å². The van der Waals surface area contributed by atoms with E-state index in [0.29, 0.717) is 28.8 Å². The number of hydrogen-bond donors (Lipinski definition) is 1. The zero-order chi connectivity index (χ0) is 17.6. The largest absolute Gasteiger partial charge is 0.467 e. The van der Waals surface area contributed by atoms with E-state index in [1.54, 1.807) is 31.6 Å². The summed E-state index contributed by atoms with van der Waals surface area (Å²) in [5.74, 6) is 0.431. The van der Waals surface area contributed by atoms with Crippen LogP contribution in [0.4, 0.5) is 0 Å². The van der Waals surface area contributed by atoms with E-state index in [9.17, 15) is 9.59 Å². The molecule has 0 radical (unpaired) electrons. The molecule has 1 amide bonds. The average molecular weight is 335 g/mol. The van der Waals surface area contributed by atoms with Crippen LogP contribution in [0.15, 0.2) is 58.1 Å². The molecule has 0 aliphatic carbocycles. The van der Waals surface area contributed by atoms with Crippen molar-refractivity contribution in [3.05, 3.63) is 70.5 Å². The monoisotopic (exact) mass is 335 g/mol. The molecule has 0 saturated heterocycles. The molecule has 0 spiro atoms. The Hall–Kier alpha value is -3.28. The normalized spacial score (nSPS) is 11.3. The van der Waals surface area contributed by atoms with E-state index in [0.717, 1.165) is 10.9 Å². The standard InChI is InChI=1S/C19H17N3O3/c1-21-11-14(18(23)20-10-12-6-5-9-25-12)16-13-7-3-4-8-15(13)22(2)17(16)19(21)24/h3-9,11H,10H2,1-2H3,(H,20,23). The molecule has 6 heteroatoms. The number of aromatic nitrogens is 2. The first-order chi connectivity index (χ1) is 12.1. The molecule has 0 saturated carbocycles. The number of para-hydroxylation sites is 1. The van der Waals surface area contributed by atoms with Gasteiger partial charge in [-0.1, -0.05) is 18.2 Å². The molecule has 4 rings (SSSR count). The minimum atomic E-state index is -0.242. The molecule has 0 fully saturated rings. The van der Waals surface area contributed by atoms with Gasteiger partial charge in [-0.3, -0.25) is 9.59 Å². The van der Waals surface area contributed by atoms with Crippen molar-refractivity contribution in [1.29, 1.82) is 0 Å². The van der Waals surface area contributed by atoms with E-state index >= 15 is 0 Å². The number of fused-ring (bicyclic) bond motifs is 3. The van der Waals surface area contributed by atoms with Gasteiger partial charge in [-0.25, -0.2) is 0 Å². The van der Waals surface area contributed by atoms with Gasteiger partial charge in [0.15, 0.2) is 0 Å². The summed E-state index contributed by atoms with van der Waals surface area (Å²) in [4.78, 5) is 25.4. The van der Waals surface area contributed by atoms with Crippen LogP contribution in [0.2, 0.25) is 0 Å². The fraction of sp³-hybridized carbons (Fsp3) is 0.158. The summed E-state index contributed by atoms with van der Waals surface area (Å²) < 4.78 is 8.54. The quantitative estimate of drug-likeness (QED) is 0.625. The summed E-state index contributed by atoms with van der Waals surface area (Å²) in [6, 6.07) is 11.3. The van der Waals surface area contributed by atoms with E-state index < -0.39 is 0 Å². The lowest BCUT2D eigenvalue weighted by molar-refractivity contribution is 0.0949. The molecule has 1 N–H and O–H groups in total. The first-order valence-electron chi connectivity index (χ1n) is 7.95. The SMILES string of the molecule is Cn1cc(C(=O)NCc2ccco2)c2c3ccccc3n(C)c2c1=O. The highest BCUT2D eigenvalue weighted by Gasteiger charge is 2.20. The topological polar surface area (TPSA) is 69.2 Å². The van der Waals surface area contributed by atoms with E-state index in [2.05, 4.69) is 5.32 Å². The Labute approximate surface area is 143 Å². The maximum absolute atomic E-state index is 12.8. The van der Waals surface area contributed by atoms with E-state index in [4.69, 9.17) is 4.42 Å². The van der Waals surface area contributed by atoms with Crippen molar-refractivity contribution >= 4 is 27.7 Å². The van der Waals surface area contributed by atoms with Crippen LogP contribution in [0, 0.1) is 0 Å². The highest BCUT2D eigenvalue weighted by Crippen LogP contribution is 2.28. The first-order valence-corrected chi connectivity index (χ1v) is 7.95. The van der Waals surface area contributed by atoms with Crippen molar-refractivity contribution in [3.8, 4) is 0 Å². The molecule has 0 aliphatic rings. The maximum Gasteiger partial charge on any atom is 0.274 e. The highest BCUT2D eigenvalue weighted by atomic mass is 16.3. The predicted molar refractivity (Wildman–Crippen MR) is 95.5 cm³/mol. The second-order valence-corrected chi connectivity index (χ2v) is 6.02. The number of furan rings is 1. The molecule has 126 valence electrons. The Kier molecular flexibility index (Phi) is 3.46. The second kappa shape index (κ2) is 5.66. The van der Waals surface area contributed by atoms with Gasteiger partial charge in [-0.05, 0) is 18.2 Å². The lowest BCUT2D eigenvalue weighted by Gasteiger charge is -2.08. The molecule has 6 nitrogen and oxygen atoms in total. The van der Waals surface area contributed by atoms with Gasteiger partial charge in [0.2, 0.25) is 0 Å². The molecule has 25 heavy (non-hydrogen) atoms. The molecule has 3 aromatic heterocycles. The molecule has 1 aromatic carbocycles. The lowest BCUT2D eigenvalue weighted by Crippen LogP contribution is -2.26. The number of aryl methyl sites for hydroxylation is 2. The molecular formula is C19H17N3O3. The van der Waals surface area contributed by atoms with Crippen molar-refractivity contribution in [3.63, 3.8) is 0 Å². The molecule has 0 bridgehead atoms. The fourth-order valence-corrected chi connectivity index (χ4v) is 3.25. The zero-order valence-corrected chi connectivity index (χ0v) is 13.9. The zero-order valence-electron chi connectivity index (χ0n) is 13.9. The summed E-state index contributed by atoms with van der Waals surface area (Å²) in [5, 5.41) is 4.43. The number of nitrogens with zero attached hydrogens (tertiary/aromatic N) is 2. The Balaban J connectivity index is 1.91. The smallest absolute Gasteiger partial charge is 0.274 e. The van der Waals surface area contributed by atoms with Crippen LogP contribution >= 0.6 is 0 Å². The number of carbonyl (C=O) groups is 1. The van der Waals surface area contributed by atoms with E-state index in [1.807, 2.05) is 35.9 Å². The third-order valence-electron chi connectivity index (χ3n) is 4.47. The number of pyridine rings is 1. The number of hydrogen-bond acceptors (Lipinski definition) is 3. The third-order valence-corrected chi connectivity index (χ3v) is 4.47. The van der Waals surface area contributed by atoms with E-state index in [1.165, 1.54) is 4.57 Å². The summed E-state index contributed by atoms with van der Waals surface area (Å²) >= 11 is 0. The van der Waals surface area contributed by atoms with Gasteiger partial charge in [0.1, 0.15) is 11.3 Å². The van der Waals surface area contributed by atoms with Gasteiger partial charge in [0.25, 0.3) is 11.5 Å². The van der Waals surface area contributed by atoms with Crippen molar-refractivity contribution in [2.24, 2.45) is 14.1 Å². The number of rotatable bonds is 3. The van der Waals surface area contributed by atoms with Crippen LogP contribution in [0.3, 0.4) is 0 Å². The number of amides is 1. The van der Waals surface area contributed by atoms with Gasteiger partial charge in [-0.2, -0.15) is 0 Å². The van der Waals surface area contributed by atoms with Gasteiger partial charge in [-0.15, -0.1) is 0 Å². The van der Waals surface area contributed by atoms with Gasteiger partial charge in [0.05, 0.1) is 18.4 Å². The summed E-state index contributed by atoms with van der Waals surface area (Å²) in [6.07, 6.45) is 3.16. The minimum Gasteiger partial charge on any atom is -0.467 e. The van der Waals surface area contributed by atoms with Gasteiger partial charge >= 0.3 is 0 Å². The van der Waals surface area contributed by atoms with Crippen molar-refractivity contribution in [1.82, 2.24) is 14.5 Å². The van der Waals surface area contributed by atoms with Crippen molar-refractivity contribution < 1.29 is 9.21 Å². The summed E-state index contributed by atoms with van der Waals surface area (Å²) in [7, 11) is 3.50. The molecular weight excluding hydrogens is 318 g/mol. The van der Waals surface area contributed by atoms with Gasteiger partial charge < -0.3 is 18.9 Å². The van der Waals surface area contributed by atoms with Crippen LogP contribution in [-0.2, 0) is 20.6 Å². The number of carbonyl (C=O) groups excluding carboxylic acids is 1. The number of benzene rings is 1. The highest BCUT2D eigenvalue weighted by molar-refractivity contribution is 6.17. The Morgan fingerprint density at radius 1 is 1.16 bits per heavy atom. The summed E-state index contributed by atoms with van der Waals surface area (Å²) in [6.45, 7) is 0.293. The molecule has 4 aromatic rings. The Morgan fingerprint density at radius 3 is 2.72 bits per heavy atom. The Morgan fingerprint density at radius 2 is 1.96 bits per heavy atom. The maximum atomic E-state index is 12.8. The molecule has 0 aliphatic heterocycles. The first kappa shape index (κ1) is 15.3. The fourth-order valence-electron chi connectivity index (χ4n) is 3.25. The Bertz CT molecular complexity index is 1150. The third kappa shape index (κ3) is 2.34. The summed E-state index contributed by atoms with van der Waals surface area (Å²) in [5.41, 5.74) is 1.78. The lowest BCUT2D eigenvalue weighted by atomic mass is 10.1. The van der Waals surface area contributed by atoms with E-state index in [-0.39, 0.29) is 11.5 Å². The van der Waals surface area contributed by atoms with Crippen LogP contribution in [0.5, 0.6) is 0 Å².